The molecule has 7 heteroatoms. The van der Waals surface area contributed by atoms with E-state index >= 15 is 0 Å². The number of ether oxygens (including phenoxy) is 1. The van der Waals surface area contributed by atoms with Gasteiger partial charge in [-0.15, -0.1) is 0 Å². The average Bonchev–Trinajstić information content (AvgIpc) is 2.36. The molecule has 0 N–H and O–H groups in total. The van der Waals surface area contributed by atoms with E-state index in [4.69, 9.17) is 4.74 Å². The number of nitrogens with zero attached hydrogens (tertiary/aromatic N) is 1. The molecule has 0 spiro atoms. The molecule has 0 amide bonds. The van der Waals surface area contributed by atoms with Gasteiger partial charge in [-0.25, -0.2) is 4.39 Å². The summed E-state index contributed by atoms with van der Waals surface area (Å²) in [6.07, 6.45) is 3.01. The molecular formula is C12H9BF4NO-. The van der Waals surface area contributed by atoms with Crippen molar-refractivity contribution in [3.8, 4) is 5.75 Å². The molecule has 0 aliphatic heterocycles. The molecule has 2 nitrogen and oxygen atoms in total. The van der Waals surface area contributed by atoms with Gasteiger partial charge in [-0.05, 0) is 12.1 Å². The molecule has 0 aliphatic carbocycles. The van der Waals surface area contributed by atoms with Crippen LogP contribution in [0.3, 0.4) is 0 Å². The zero-order valence-corrected chi connectivity index (χ0v) is 9.69. The maximum Gasteiger partial charge on any atom is 0.513 e. The Hall–Kier alpha value is -2.05. The van der Waals surface area contributed by atoms with E-state index < -0.39 is 24.0 Å². The van der Waals surface area contributed by atoms with Crippen LogP contribution in [0.5, 0.6) is 5.75 Å². The second kappa shape index (κ2) is 5.30. The van der Waals surface area contributed by atoms with Crippen LogP contribution < -0.4 is 10.2 Å². The van der Waals surface area contributed by atoms with E-state index in [1.165, 1.54) is 12.4 Å². The minimum Gasteiger partial charge on any atom is -0.492 e. The monoisotopic (exact) mass is 270 g/mol. The first-order valence-electron chi connectivity index (χ1n) is 5.48. The lowest BCUT2D eigenvalue weighted by atomic mass is 9.79. The van der Waals surface area contributed by atoms with Crippen molar-refractivity contribution in [2.45, 2.75) is 6.61 Å². The van der Waals surface area contributed by atoms with Crippen molar-refractivity contribution in [2.75, 3.05) is 0 Å². The summed E-state index contributed by atoms with van der Waals surface area (Å²) in [6, 6.07) is 5.49. The van der Waals surface area contributed by atoms with E-state index in [0.717, 1.165) is 12.1 Å². The fourth-order valence-corrected chi connectivity index (χ4v) is 1.55. The second-order valence-electron chi connectivity index (χ2n) is 3.91. The van der Waals surface area contributed by atoms with Crippen LogP contribution in [0, 0.1) is 5.82 Å². The molecule has 0 saturated heterocycles. The minimum absolute atomic E-state index is 0.101. The van der Waals surface area contributed by atoms with Crippen LogP contribution >= 0.6 is 0 Å². The van der Waals surface area contributed by atoms with Gasteiger partial charge in [0.2, 0.25) is 0 Å². The van der Waals surface area contributed by atoms with E-state index in [-0.39, 0.29) is 6.61 Å². The predicted octanol–water partition coefficient (Wildman–Crippen LogP) is 2.85. The number of hydrogen-bond donors (Lipinski definition) is 0. The van der Waals surface area contributed by atoms with E-state index in [1.807, 2.05) is 0 Å². The van der Waals surface area contributed by atoms with Crippen molar-refractivity contribution in [3.63, 3.8) is 0 Å². The number of hydrogen-bond acceptors (Lipinski definition) is 2. The van der Waals surface area contributed by atoms with Crippen LogP contribution in [0.1, 0.15) is 5.56 Å². The van der Waals surface area contributed by atoms with Crippen LogP contribution in [-0.2, 0) is 6.61 Å². The Bertz CT molecular complexity index is 559. The molecule has 0 bridgehead atoms. The lowest BCUT2D eigenvalue weighted by Crippen LogP contribution is -2.35. The van der Waals surface area contributed by atoms with Gasteiger partial charge >= 0.3 is 6.98 Å². The van der Waals surface area contributed by atoms with Crippen molar-refractivity contribution >= 4 is 12.4 Å². The molecule has 19 heavy (non-hydrogen) atoms. The predicted molar refractivity (Wildman–Crippen MR) is 63.7 cm³/mol. The molecule has 2 rings (SSSR count). The average molecular weight is 270 g/mol. The van der Waals surface area contributed by atoms with Crippen LogP contribution in [0.15, 0.2) is 42.7 Å². The Morgan fingerprint density at radius 3 is 2.58 bits per heavy atom. The highest BCUT2D eigenvalue weighted by atomic mass is 19.4. The first-order chi connectivity index (χ1) is 8.97. The van der Waals surface area contributed by atoms with Gasteiger partial charge < -0.3 is 17.7 Å². The van der Waals surface area contributed by atoms with Gasteiger partial charge in [0.15, 0.2) is 0 Å². The molecule has 0 saturated carbocycles. The maximum absolute atomic E-state index is 13.0. The molecule has 1 aromatic carbocycles. The van der Waals surface area contributed by atoms with Gasteiger partial charge in [0.05, 0.1) is 5.75 Å². The second-order valence-corrected chi connectivity index (χ2v) is 3.91. The van der Waals surface area contributed by atoms with E-state index in [2.05, 4.69) is 4.98 Å². The molecule has 0 radical (unpaired) electrons. The van der Waals surface area contributed by atoms with Gasteiger partial charge in [-0.2, -0.15) is 0 Å². The fraction of sp³-hybridized carbons (Fsp3) is 0.0833. The van der Waals surface area contributed by atoms with E-state index in [1.54, 1.807) is 12.1 Å². The Kier molecular flexibility index (Phi) is 3.73. The third-order valence-corrected chi connectivity index (χ3v) is 2.45. The van der Waals surface area contributed by atoms with Crippen molar-refractivity contribution in [1.29, 1.82) is 0 Å². The topological polar surface area (TPSA) is 22.1 Å². The largest absolute Gasteiger partial charge is 0.513 e. The Morgan fingerprint density at radius 2 is 1.95 bits per heavy atom. The zero-order valence-electron chi connectivity index (χ0n) is 9.69. The highest BCUT2D eigenvalue weighted by Crippen LogP contribution is 2.20. The van der Waals surface area contributed by atoms with Crippen LogP contribution in [0.4, 0.5) is 17.3 Å². The molecule has 1 aromatic heterocycles. The van der Waals surface area contributed by atoms with Crippen LogP contribution in [-0.4, -0.2) is 12.0 Å². The summed E-state index contributed by atoms with van der Waals surface area (Å²) >= 11 is 0. The molecule has 0 aliphatic rings. The summed E-state index contributed by atoms with van der Waals surface area (Å²) in [5.41, 5.74) is -0.335. The molecule has 0 fully saturated rings. The summed E-state index contributed by atoms with van der Waals surface area (Å²) in [5.74, 6) is -1.28. The molecule has 100 valence electrons. The molecule has 0 unspecified atom stereocenters. The van der Waals surface area contributed by atoms with Crippen molar-refractivity contribution in [3.05, 3.63) is 54.1 Å². The van der Waals surface area contributed by atoms with Gasteiger partial charge in [-0.3, -0.25) is 4.98 Å². The van der Waals surface area contributed by atoms with Crippen molar-refractivity contribution in [2.24, 2.45) is 0 Å². The molecular weight excluding hydrogens is 261 g/mol. The van der Waals surface area contributed by atoms with Gasteiger partial charge in [0.25, 0.3) is 0 Å². The molecule has 1 heterocycles. The smallest absolute Gasteiger partial charge is 0.492 e. The highest BCUT2D eigenvalue weighted by Gasteiger charge is 2.29. The zero-order chi connectivity index (χ0) is 13.9. The van der Waals surface area contributed by atoms with Crippen molar-refractivity contribution in [1.82, 2.24) is 4.98 Å². The first kappa shape index (κ1) is 13.4. The third kappa shape index (κ3) is 3.46. The van der Waals surface area contributed by atoms with Crippen LogP contribution in [0.25, 0.3) is 0 Å². The summed E-state index contributed by atoms with van der Waals surface area (Å²) < 4.78 is 56.3. The Balaban J connectivity index is 2.22. The maximum atomic E-state index is 13.0. The highest BCUT2D eigenvalue weighted by molar-refractivity contribution is 6.74. The summed E-state index contributed by atoms with van der Waals surface area (Å²) in [4.78, 5) is 3.81. The Morgan fingerprint density at radius 1 is 1.16 bits per heavy atom. The molecule has 0 atom stereocenters. The van der Waals surface area contributed by atoms with Crippen molar-refractivity contribution < 1.29 is 22.1 Å². The number of pyridine rings is 1. The summed E-state index contributed by atoms with van der Waals surface area (Å²) in [5, 5.41) is 0. The van der Waals surface area contributed by atoms with Crippen LogP contribution in [0.2, 0.25) is 0 Å². The minimum atomic E-state index is -5.24. The lowest BCUT2D eigenvalue weighted by Gasteiger charge is -2.19. The number of rotatable bonds is 4. The summed E-state index contributed by atoms with van der Waals surface area (Å²) in [6.45, 7) is -5.34. The summed E-state index contributed by atoms with van der Waals surface area (Å²) in [7, 11) is 0. The van der Waals surface area contributed by atoms with Gasteiger partial charge in [0.1, 0.15) is 12.4 Å². The fourth-order valence-electron chi connectivity index (χ4n) is 1.55. The number of benzene rings is 1. The van der Waals surface area contributed by atoms with E-state index in [9.17, 15) is 17.3 Å². The van der Waals surface area contributed by atoms with Gasteiger partial charge in [0, 0.05) is 24.0 Å². The number of aromatic nitrogens is 1. The number of halogens is 4. The SMILES string of the molecule is Fc1ccc([B-](F)(F)F)c(OCc2cccnc2)c1. The first-order valence-corrected chi connectivity index (χ1v) is 5.48. The quantitative estimate of drug-likeness (QED) is 0.629. The molecule has 2 aromatic rings. The lowest BCUT2D eigenvalue weighted by molar-refractivity contribution is 0.305. The van der Waals surface area contributed by atoms with E-state index in [0.29, 0.717) is 11.6 Å². The van der Waals surface area contributed by atoms with Gasteiger partial charge in [-0.1, -0.05) is 17.6 Å². The normalized spacial score (nSPS) is 11.4. The standard InChI is InChI=1S/C12H9BF4NO/c14-10-3-4-11(13(15,16)17)12(6-10)19-8-9-2-1-5-18-7-9/h1-7H,8H2/q-1. The Labute approximate surface area is 107 Å². The third-order valence-electron chi connectivity index (χ3n) is 2.45.